The van der Waals surface area contributed by atoms with E-state index in [0.717, 1.165) is 60.2 Å². The molecular weight excluding hydrogens is 480 g/mol. The van der Waals surface area contributed by atoms with Crippen molar-refractivity contribution in [3.63, 3.8) is 0 Å². The minimum Gasteiger partial charge on any atom is -0.330 e. The van der Waals surface area contributed by atoms with Gasteiger partial charge >= 0.3 is 6.03 Å². The average molecular weight is 520 g/mol. The number of hydrogen-bond acceptors (Lipinski definition) is 3. The number of unbranched alkanes of at least 4 members (excludes halogenated alkanes) is 1. The van der Waals surface area contributed by atoms with Crippen LogP contribution in [0.5, 0.6) is 0 Å². The number of carbonyl (C=O) groups excluding carboxylic acids is 1. The standard InChI is InChI=1S/C34H39N4O/c1-27-21-24-37(25-22-27)33(39)38(26-36-32(28(38)2)20-12-13-23-35)34(29-14-6-3-7-15-29,30-16-8-4-9-17-30)31-18-10-5-11-19-31/h3-11,14-19,26H,1,12-13,20-25,35H2,2H3/q+1/t38-/m0/s1. The molecule has 0 unspecified atom stereocenters. The van der Waals surface area contributed by atoms with E-state index in [2.05, 4.69) is 86.3 Å². The molecule has 2 aliphatic rings. The zero-order valence-corrected chi connectivity index (χ0v) is 22.9. The first-order valence-corrected chi connectivity index (χ1v) is 14.0. The highest BCUT2D eigenvalue weighted by atomic mass is 16.2. The van der Waals surface area contributed by atoms with E-state index in [1.54, 1.807) is 0 Å². The molecule has 0 spiro atoms. The van der Waals surface area contributed by atoms with E-state index in [1.807, 2.05) is 29.4 Å². The minimum absolute atomic E-state index is 0.0323. The Labute approximate surface area is 232 Å². The average Bonchev–Trinajstić information content (AvgIpc) is 3.32. The lowest BCUT2D eigenvalue weighted by Gasteiger charge is -2.49. The van der Waals surface area contributed by atoms with Gasteiger partial charge in [0.2, 0.25) is 6.34 Å². The number of piperidine rings is 1. The maximum atomic E-state index is 15.2. The van der Waals surface area contributed by atoms with Crippen molar-refractivity contribution < 1.29 is 9.28 Å². The number of benzene rings is 3. The highest BCUT2D eigenvalue weighted by Gasteiger charge is 2.64. The van der Waals surface area contributed by atoms with Crippen LogP contribution < -0.4 is 5.73 Å². The normalized spacial score (nSPS) is 19.5. The number of hydrogen-bond donors (Lipinski definition) is 1. The summed E-state index contributed by atoms with van der Waals surface area (Å²) < 4.78 is -0.0323. The monoisotopic (exact) mass is 519 g/mol. The van der Waals surface area contributed by atoms with Gasteiger partial charge in [-0.15, -0.1) is 0 Å². The minimum atomic E-state index is -0.890. The Bertz CT molecular complexity index is 1260. The van der Waals surface area contributed by atoms with Crippen LogP contribution in [0.2, 0.25) is 0 Å². The van der Waals surface area contributed by atoms with Gasteiger partial charge in [0.1, 0.15) is 11.4 Å². The Morgan fingerprint density at radius 2 is 1.36 bits per heavy atom. The molecule has 5 rings (SSSR count). The molecule has 1 saturated heterocycles. The fourth-order valence-corrected chi connectivity index (χ4v) is 6.28. The summed E-state index contributed by atoms with van der Waals surface area (Å²) in [7, 11) is 0. The molecule has 0 saturated carbocycles. The number of allylic oxidation sites excluding steroid dienone is 2. The summed E-state index contributed by atoms with van der Waals surface area (Å²) >= 11 is 0. The number of nitrogens with zero attached hydrogens (tertiary/aromatic N) is 3. The first-order chi connectivity index (χ1) is 19.1. The quantitative estimate of drug-likeness (QED) is 0.151. The van der Waals surface area contributed by atoms with E-state index in [1.165, 1.54) is 5.57 Å². The molecule has 2 aliphatic heterocycles. The zero-order valence-electron chi connectivity index (χ0n) is 22.9. The van der Waals surface area contributed by atoms with Crippen LogP contribution in [0.25, 0.3) is 0 Å². The second-order valence-corrected chi connectivity index (χ2v) is 10.6. The third kappa shape index (κ3) is 4.56. The van der Waals surface area contributed by atoms with Crippen LogP contribution in [0.4, 0.5) is 4.79 Å². The van der Waals surface area contributed by atoms with Gasteiger partial charge in [-0.25, -0.2) is 9.79 Å². The maximum Gasteiger partial charge on any atom is 0.431 e. The second-order valence-electron chi connectivity index (χ2n) is 10.6. The molecule has 5 heteroatoms. The molecule has 0 bridgehead atoms. The molecule has 3 aromatic rings. The Balaban J connectivity index is 1.85. The number of aliphatic imine (C=N–C) groups is 1. The van der Waals surface area contributed by atoms with Crippen LogP contribution in [0.1, 0.15) is 55.7 Å². The Morgan fingerprint density at radius 3 is 1.82 bits per heavy atom. The van der Waals surface area contributed by atoms with Crippen LogP contribution >= 0.6 is 0 Å². The van der Waals surface area contributed by atoms with Crippen molar-refractivity contribution in [1.82, 2.24) is 4.90 Å². The first kappa shape index (κ1) is 26.8. The van der Waals surface area contributed by atoms with E-state index >= 15 is 4.79 Å². The van der Waals surface area contributed by atoms with E-state index in [0.29, 0.717) is 19.6 Å². The van der Waals surface area contributed by atoms with Crippen molar-refractivity contribution in [3.8, 4) is 0 Å². The Morgan fingerprint density at radius 1 is 0.872 bits per heavy atom. The molecule has 2 amide bonds. The molecule has 0 radical (unpaired) electrons. The fourth-order valence-electron chi connectivity index (χ4n) is 6.28. The largest absolute Gasteiger partial charge is 0.431 e. The second kappa shape index (κ2) is 11.5. The van der Waals surface area contributed by atoms with E-state index in [9.17, 15) is 0 Å². The molecule has 5 nitrogen and oxygen atoms in total. The summed E-state index contributed by atoms with van der Waals surface area (Å²) in [6, 6.07) is 31.5. The van der Waals surface area contributed by atoms with Gasteiger partial charge in [-0.3, -0.25) is 4.90 Å². The molecule has 39 heavy (non-hydrogen) atoms. The predicted molar refractivity (Wildman–Crippen MR) is 159 cm³/mol. The van der Waals surface area contributed by atoms with Gasteiger partial charge in [0.05, 0.1) is 0 Å². The van der Waals surface area contributed by atoms with Crippen molar-refractivity contribution in [3.05, 3.63) is 131 Å². The van der Waals surface area contributed by atoms with Crippen LogP contribution in [-0.2, 0) is 5.54 Å². The number of amides is 2. The summed E-state index contributed by atoms with van der Waals surface area (Å²) in [5.74, 6) is 0. The van der Waals surface area contributed by atoms with Gasteiger partial charge in [-0.1, -0.05) is 103 Å². The number of urea groups is 1. The summed E-state index contributed by atoms with van der Waals surface area (Å²) in [6.45, 7) is 8.27. The van der Waals surface area contributed by atoms with Gasteiger partial charge in [-0.05, 0) is 38.6 Å². The molecule has 200 valence electrons. The lowest BCUT2D eigenvalue weighted by Crippen LogP contribution is -2.67. The van der Waals surface area contributed by atoms with Crippen LogP contribution in [-0.4, -0.2) is 41.4 Å². The van der Waals surface area contributed by atoms with Gasteiger partial charge in [0, 0.05) is 36.7 Å². The molecule has 0 aromatic heterocycles. The van der Waals surface area contributed by atoms with Gasteiger partial charge in [-0.2, -0.15) is 4.48 Å². The van der Waals surface area contributed by atoms with Crippen molar-refractivity contribution in [2.75, 3.05) is 19.6 Å². The molecule has 2 N–H and O–H groups in total. The predicted octanol–water partition coefficient (Wildman–Crippen LogP) is 6.97. The topological polar surface area (TPSA) is 58.7 Å². The number of carbonyl (C=O) groups is 1. The lowest BCUT2D eigenvalue weighted by atomic mass is 9.73. The van der Waals surface area contributed by atoms with Crippen LogP contribution in [0, 0.1) is 0 Å². The highest BCUT2D eigenvalue weighted by molar-refractivity contribution is 5.82. The number of quaternary nitrogens is 1. The van der Waals surface area contributed by atoms with Crippen molar-refractivity contribution >= 4 is 12.4 Å². The first-order valence-electron chi connectivity index (χ1n) is 14.0. The number of likely N-dealkylation sites (tertiary alicyclic amines) is 1. The smallest absolute Gasteiger partial charge is 0.330 e. The van der Waals surface area contributed by atoms with Crippen molar-refractivity contribution in [2.45, 2.75) is 44.6 Å². The summed E-state index contributed by atoms with van der Waals surface area (Å²) in [5, 5.41) is 0. The molecule has 2 heterocycles. The Hall–Kier alpha value is -3.80. The van der Waals surface area contributed by atoms with Gasteiger partial charge in [0.25, 0.3) is 0 Å². The molecular formula is C34H39N4O+. The number of rotatable bonds is 8. The van der Waals surface area contributed by atoms with Gasteiger partial charge < -0.3 is 5.73 Å². The summed E-state index contributed by atoms with van der Waals surface area (Å²) in [4.78, 5) is 22.3. The summed E-state index contributed by atoms with van der Waals surface area (Å²) in [5.41, 5.74) is 11.2. The third-order valence-corrected chi connectivity index (χ3v) is 8.35. The van der Waals surface area contributed by atoms with Crippen LogP contribution in [0.15, 0.2) is 120 Å². The SMILES string of the molecule is C=C1CCN(C(=O)[N@+]2(C(c3ccccc3)(c3ccccc3)c3ccccc3)C=NC(CCCCN)=C2C)CC1. The Kier molecular flexibility index (Phi) is 7.92. The lowest BCUT2D eigenvalue weighted by molar-refractivity contribution is -0.767. The zero-order chi connectivity index (χ0) is 27.3. The van der Waals surface area contributed by atoms with E-state index in [4.69, 9.17) is 10.7 Å². The number of nitrogens with two attached hydrogens (primary N) is 1. The van der Waals surface area contributed by atoms with E-state index < -0.39 is 5.54 Å². The van der Waals surface area contributed by atoms with Crippen molar-refractivity contribution in [1.29, 1.82) is 0 Å². The molecule has 1 fully saturated rings. The van der Waals surface area contributed by atoms with Crippen molar-refractivity contribution in [2.24, 2.45) is 10.7 Å². The highest BCUT2D eigenvalue weighted by Crippen LogP contribution is 2.52. The van der Waals surface area contributed by atoms with Gasteiger partial charge in [0.15, 0.2) is 5.54 Å². The molecule has 3 aromatic carbocycles. The third-order valence-electron chi connectivity index (χ3n) is 8.35. The fraction of sp³-hybridized carbons (Fsp3) is 0.294. The molecule has 0 aliphatic carbocycles. The van der Waals surface area contributed by atoms with Crippen LogP contribution in [0.3, 0.4) is 0 Å². The maximum absolute atomic E-state index is 15.2. The summed E-state index contributed by atoms with van der Waals surface area (Å²) in [6.07, 6.45) is 6.22. The molecule has 1 atom stereocenters. The van der Waals surface area contributed by atoms with E-state index in [-0.39, 0.29) is 10.5 Å².